The molecule has 0 aromatic heterocycles. The smallest absolute Gasteiger partial charge is 0.230 e. The third-order valence-electron chi connectivity index (χ3n) is 4.13. The monoisotopic (exact) mass is 341 g/mol. The Balaban J connectivity index is 1.37. The Labute approximate surface area is 147 Å². The van der Waals surface area contributed by atoms with Crippen molar-refractivity contribution in [3.63, 3.8) is 0 Å². The number of ether oxygens (including phenoxy) is 1. The molecular formula is C20H23NO2S. The summed E-state index contributed by atoms with van der Waals surface area (Å²) >= 11 is 1.66. The number of carbonyl (C=O) groups is 1. The van der Waals surface area contributed by atoms with Gasteiger partial charge in [0, 0.05) is 18.2 Å². The van der Waals surface area contributed by atoms with Crippen LogP contribution in [0.5, 0.6) is 5.75 Å². The van der Waals surface area contributed by atoms with E-state index in [2.05, 4.69) is 42.6 Å². The zero-order valence-electron chi connectivity index (χ0n) is 14.0. The molecule has 4 heteroatoms. The molecule has 1 amide bonds. The number of fused-ring (bicyclic) bond motifs is 1. The third kappa shape index (κ3) is 4.78. The van der Waals surface area contributed by atoms with Crippen LogP contribution < -0.4 is 10.1 Å². The Morgan fingerprint density at radius 2 is 2.12 bits per heavy atom. The molecular weight excluding hydrogens is 318 g/mol. The predicted octanol–water partition coefficient (Wildman–Crippen LogP) is 3.60. The minimum Gasteiger partial charge on any atom is -0.493 e. The highest BCUT2D eigenvalue weighted by molar-refractivity contribution is 7.99. The van der Waals surface area contributed by atoms with Gasteiger partial charge in [-0.2, -0.15) is 0 Å². The Morgan fingerprint density at radius 1 is 1.25 bits per heavy atom. The fourth-order valence-electron chi connectivity index (χ4n) is 2.89. The van der Waals surface area contributed by atoms with E-state index in [9.17, 15) is 4.79 Å². The number of thioether (sulfide) groups is 1. The van der Waals surface area contributed by atoms with Crippen LogP contribution in [-0.2, 0) is 17.0 Å². The van der Waals surface area contributed by atoms with Gasteiger partial charge in [-0.15, -0.1) is 11.8 Å². The van der Waals surface area contributed by atoms with Gasteiger partial charge < -0.3 is 10.1 Å². The first kappa shape index (κ1) is 16.9. The van der Waals surface area contributed by atoms with Gasteiger partial charge in [0.1, 0.15) is 5.75 Å². The second-order valence-electron chi connectivity index (χ2n) is 6.27. The summed E-state index contributed by atoms with van der Waals surface area (Å²) in [4.78, 5) is 12.0. The van der Waals surface area contributed by atoms with Gasteiger partial charge in [0.25, 0.3) is 0 Å². The maximum atomic E-state index is 12.0. The molecule has 3 nitrogen and oxygen atoms in total. The van der Waals surface area contributed by atoms with Gasteiger partial charge >= 0.3 is 0 Å². The second kappa shape index (κ2) is 8.25. The first-order valence-corrected chi connectivity index (χ1v) is 9.47. The topological polar surface area (TPSA) is 38.3 Å². The molecule has 1 aliphatic heterocycles. The quantitative estimate of drug-likeness (QED) is 0.872. The predicted molar refractivity (Wildman–Crippen MR) is 99.5 cm³/mol. The summed E-state index contributed by atoms with van der Waals surface area (Å²) in [5, 5.41) is 3.04. The first-order chi connectivity index (χ1) is 11.7. The van der Waals surface area contributed by atoms with E-state index >= 15 is 0 Å². The van der Waals surface area contributed by atoms with Crippen molar-refractivity contribution in [1.29, 1.82) is 0 Å². The SMILES string of the molecule is Cc1cccc(CSCC(=O)NCC2COc3ccccc3C2)c1. The second-order valence-corrected chi connectivity index (χ2v) is 7.26. The molecule has 126 valence electrons. The molecule has 0 radical (unpaired) electrons. The van der Waals surface area contributed by atoms with Crippen molar-refractivity contribution >= 4 is 17.7 Å². The highest BCUT2D eigenvalue weighted by Crippen LogP contribution is 2.26. The van der Waals surface area contributed by atoms with Crippen molar-refractivity contribution in [2.45, 2.75) is 19.1 Å². The minimum absolute atomic E-state index is 0.103. The summed E-state index contributed by atoms with van der Waals surface area (Å²) < 4.78 is 5.76. The summed E-state index contributed by atoms with van der Waals surface area (Å²) in [6, 6.07) is 16.6. The lowest BCUT2D eigenvalue weighted by Crippen LogP contribution is -2.35. The van der Waals surface area contributed by atoms with E-state index in [0.29, 0.717) is 24.8 Å². The fourth-order valence-corrected chi connectivity index (χ4v) is 3.70. The van der Waals surface area contributed by atoms with Crippen LogP contribution in [0.1, 0.15) is 16.7 Å². The van der Waals surface area contributed by atoms with Crippen molar-refractivity contribution in [1.82, 2.24) is 5.32 Å². The van der Waals surface area contributed by atoms with E-state index in [1.807, 2.05) is 18.2 Å². The van der Waals surface area contributed by atoms with Crippen LogP contribution >= 0.6 is 11.8 Å². The zero-order valence-corrected chi connectivity index (χ0v) is 14.8. The normalized spacial score (nSPS) is 16.1. The molecule has 0 fully saturated rings. The van der Waals surface area contributed by atoms with Crippen LogP contribution in [0.25, 0.3) is 0 Å². The van der Waals surface area contributed by atoms with Crippen LogP contribution in [0.15, 0.2) is 48.5 Å². The molecule has 1 aliphatic rings. The average Bonchev–Trinajstić information content (AvgIpc) is 2.60. The third-order valence-corrected chi connectivity index (χ3v) is 5.13. The van der Waals surface area contributed by atoms with E-state index in [1.54, 1.807) is 11.8 Å². The number of benzene rings is 2. The van der Waals surface area contributed by atoms with Gasteiger partial charge in [-0.25, -0.2) is 0 Å². The number of hydrogen-bond acceptors (Lipinski definition) is 3. The van der Waals surface area contributed by atoms with E-state index in [-0.39, 0.29) is 5.91 Å². The summed E-state index contributed by atoms with van der Waals surface area (Å²) in [7, 11) is 0. The number of aryl methyl sites for hydroxylation is 1. The maximum absolute atomic E-state index is 12.0. The van der Waals surface area contributed by atoms with E-state index in [0.717, 1.165) is 17.9 Å². The number of amides is 1. The summed E-state index contributed by atoms with van der Waals surface area (Å²) in [5.74, 6) is 2.80. The largest absolute Gasteiger partial charge is 0.493 e. The van der Waals surface area contributed by atoms with Crippen LogP contribution in [0.4, 0.5) is 0 Å². The molecule has 24 heavy (non-hydrogen) atoms. The summed E-state index contributed by atoms with van der Waals surface area (Å²) in [5.41, 5.74) is 3.76. The number of carbonyl (C=O) groups excluding carboxylic acids is 1. The van der Waals surface area contributed by atoms with Gasteiger partial charge in [-0.1, -0.05) is 48.0 Å². The lowest BCUT2D eigenvalue weighted by atomic mass is 9.97. The Kier molecular flexibility index (Phi) is 5.81. The Hall–Kier alpha value is -1.94. The van der Waals surface area contributed by atoms with Crippen LogP contribution in [0, 0.1) is 12.8 Å². The standard InChI is InChI=1S/C20H23NO2S/c1-15-5-4-6-16(9-15)13-24-14-20(22)21-11-17-10-18-7-2-3-8-19(18)23-12-17/h2-9,17H,10-14H2,1H3,(H,21,22). The minimum atomic E-state index is 0.103. The molecule has 3 rings (SSSR count). The van der Waals surface area contributed by atoms with Gasteiger partial charge in [0.2, 0.25) is 5.91 Å². The molecule has 2 aromatic rings. The van der Waals surface area contributed by atoms with Gasteiger partial charge in [-0.3, -0.25) is 4.79 Å². The molecule has 1 N–H and O–H groups in total. The average molecular weight is 341 g/mol. The molecule has 1 heterocycles. The maximum Gasteiger partial charge on any atom is 0.230 e. The molecule has 1 atom stereocenters. The van der Waals surface area contributed by atoms with Crippen molar-refractivity contribution in [2.24, 2.45) is 5.92 Å². The highest BCUT2D eigenvalue weighted by atomic mass is 32.2. The molecule has 1 unspecified atom stereocenters. The van der Waals surface area contributed by atoms with Crippen molar-refractivity contribution in [2.75, 3.05) is 18.9 Å². The van der Waals surface area contributed by atoms with E-state index in [4.69, 9.17) is 4.74 Å². The first-order valence-electron chi connectivity index (χ1n) is 8.31. The van der Waals surface area contributed by atoms with Crippen molar-refractivity contribution in [3.8, 4) is 5.75 Å². The van der Waals surface area contributed by atoms with Gasteiger partial charge in [-0.05, 0) is 30.5 Å². The van der Waals surface area contributed by atoms with Crippen molar-refractivity contribution in [3.05, 3.63) is 65.2 Å². The molecule has 2 aromatic carbocycles. The number of rotatable bonds is 6. The highest BCUT2D eigenvalue weighted by Gasteiger charge is 2.19. The lowest BCUT2D eigenvalue weighted by molar-refractivity contribution is -0.118. The number of para-hydroxylation sites is 1. The lowest BCUT2D eigenvalue weighted by Gasteiger charge is -2.25. The van der Waals surface area contributed by atoms with Gasteiger partial charge in [0.05, 0.1) is 12.4 Å². The van der Waals surface area contributed by atoms with Gasteiger partial charge in [0.15, 0.2) is 0 Å². The van der Waals surface area contributed by atoms with E-state index in [1.165, 1.54) is 16.7 Å². The van der Waals surface area contributed by atoms with E-state index < -0.39 is 0 Å². The molecule has 0 saturated heterocycles. The summed E-state index contributed by atoms with van der Waals surface area (Å²) in [6.45, 7) is 3.44. The van der Waals surface area contributed by atoms with Crippen LogP contribution in [-0.4, -0.2) is 24.8 Å². The Morgan fingerprint density at radius 3 is 3.00 bits per heavy atom. The molecule has 0 bridgehead atoms. The molecule has 0 spiro atoms. The van der Waals surface area contributed by atoms with Crippen LogP contribution in [0.3, 0.4) is 0 Å². The zero-order chi connectivity index (χ0) is 16.8. The van der Waals surface area contributed by atoms with Crippen LogP contribution in [0.2, 0.25) is 0 Å². The Bertz CT molecular complexity index is 702. The number of nitrogens with one attached hydrogen (secondary N) is 1. The number of hydrogen-bond donors (Lipinski definition) is 1. The van der Waals surface area contributed by atoms with Crippen molar-refractivity contribution < 1.29 is 9.53 Å². The summed E-state index contributed by atoms with van der Waals surface area (Å²) in [6.07, 6.45) is 0.965. The fraction of sp³-hybridized carbons (Fsp3) is 0.350. The molecule has 0 aliphatic carbocycles. The molecule has 0 saturated carbocycles.